The predicted molar refractivity (Wildman–Crippen MR) is 194 cm³/mol. The van der Waals surface area contributed by atoms with Crippen LogP contribution in [0.2, 0.25) is 0 Å². The van der Waals surface area contributed by atoms with E-state index in [4.69, 9.17) is 15.0 Å². The minimum Gasteiger partial charge on any atom is -0.278 e. The molecule has 6 heteroatoms. The van der Waals surface area contributed by atoms with Crippen molar-refractivity contribution in [3.63, 3.8) is 0 Å². The number of benzene rings is 5. The highest BCUT2D eigenvalue weighted by Crippen LogP contribution is 2.48. The average molecular weight is 625 g/mol. The Hall–Kier alpha value is -5.17. The molecule has 0 radical (unpaired) electrons. The Morgan fingerprint density at radius 1 is 0.565 bits per heavy atom. The molecule has 2 unspecified atom stereocenters. The van der Waals surface area contributed by atoms with Crippen LogP contribution in [-0.2, 0) is 0 Å². The van der Waals surface area contributed by atoms with Crippen LogP contribution in [0.5, 0.6) is 0 Å². The molecule has 4 aromatic heterocycles. The fraction of sp³-hybridized carbons (Fsp3) is 0.0750. The molecule has 2 aliphatic carbocycles. The molecule has 9 aromatic rings. The zero-order valence-electron chi connectivity index (χ0n) is 24.5. The Kier molecular flexibility index (Phi) is 5.01. The van der Waals surface area contributed by atoms with E-state index in [9.17, 15) is 0 Å². The number of aromatic nitrogens is 4. The first-order valence-electron chi connectivity index (χ1n) is 15.7. The summed E-state index contributed by atoms with van der Waals surface area (Å²) < 4.78 is 7.49. The fourth-order valence-corrected chi connectivity index (χ4v) is 9.78. The van der Waals surface area contributed by atoms with Crippen molar-refractivity contribution in [2.45, 2.75) is 6.42 Å². The van der Waals surface area contributed by atoms with E-state index in [1.807, 2.05) is 40.9 Å². The highest BCUT2D eigenvalue weighted by Gasteiger charge is 2.35. The molecule has 5 aromatic carbocycles. The molecule has 2 aliphatic rings. The maximum absolute atomic E-state index is 5.26. The highest BCUT2D eigenvalue weighted by molar-refractivity contribution is 7.27. The van der Waals surface area contributed by atoms with E-state index in [1.54, 1.807) is 0 Å². The van der Waals surface area contributed by atoms with Gasteiger partial charge in [-0.05, 0) is 48.6 Å². The molecular weight excluding hydrogens is 601 g/mol. The molecule has 46 heavy (non-hydrogen) atoms. The summed E-state index contributed by atoms with van der Waals surface area (Å²) in [5, 5.41) is 7.73. The van der Waals surface area contributed by atoms with Crippen molar-refractivity contribution < 1.29 is 0 Å². The third-order valence-electron chi connectivity index (χ3n) is 9.70. The molecule has 1 saturated carbocycles. The first-order valence-corrected chi connectivity index (χ1v) is 17.3. The quantitative estimate of drug-likeness (QED) is 0.196. The Morgan fingerprint density at radius 3 is 2.17 bits per heavy atom. The summed E-state index contributed by atoms with van der Waals surface area (Å²) in [6, 6.07) is 37.0. The number of hydrogen-bond acceptors (Lipinski definition) is 5. The molecular formula is C40H24N4S2. The lowest BCUT2D eigenvalue weighted by Gasteiger charge is -2.12. The van der Waals surface area contributed by atoms with Crippen molar-refractivity contribution in [1.29, 1.82) is 0 Å². The molecule has 4 heterocycles. The summed E-state index contributed by atoms with van der Waals surface area (Å²) in [6.07, 6.45) is 8.09. The topological polar surface area (TPSA) is 43.6 Å². The Labute approximate surface area is 271 Å². The van der Waals surface area contributed by atoms with Crippen molar-refractivity contribution in [3.8, 4) is 17.3 Å². The second-order valence-electron chi connectivity index (χ2n) is 12.4. The van der Waals surface area contributed by atoms with E-state index in [0.717, 1.165) is 28.0 Å². The van der Waals surface area contributed by atoms with Crippen LogP contribution in [0.3, 0.4) is 0 Å². The Bertz CT molecular complexity index is 2800. The van der Waals surface area contributed by atoms with Gasteiger partial charge >= 0.3 is 0 Å². The summed E-state index contributed by atoms with van der Waals surface area (Å²) in [4.78, 5) is 15.5. The second-order valence-corrected chi connectivity index (χ2v) is 14.5. The summed E-state index contributed by atoms with van der Waals surface area (Å²) in [6.45, 7) is 0. The normalized spacial score (nSPS) is 17.5. The SMILES string of the molecule is C1=CC2CC2C=C1c1nc(-c2ccccc2)nc(-n2c3ccc4c5ccccc5sc4c3c3c4c(ccc32)sc2ccccc24)n1. The predicted octanol–water partition coefficient (Wildman–Crippen LogP) is 11.0. The monoisotopic (exact) mass is 624 g/mol. The van der Waals surface area contributed by atoms with E-state index in [0.29, 0.717) is 23.6 Å². The summed E-state index contributed by atoms with van der Waals surface area (Å²) in [5.41, 5.74) is 4.29. The van der Waals surface area contributed by atoms with Crippen LogP contribution >= 0.6 is 22.7 Å². The molecule has 0 amide bonds. The second kappa shape index (κ2) is 9.19. The van der Waals surface area contributed by atoms with Crippen molar-refractivity contribution in [1.82, 2.24) is 19.5 Å². The molecule has 11 rings (SSSR count). The number of allylic oxidation sites excluding steroid dienone is 4. The summed E-state index contributed by atoms with van der Waals surface area (Å²) in [5.74, 6) is 3.33. The number of thiophene rings is 2. The maximum atomic E-state index is 5.26. The van der Waals surface area contributed by atoms with Crippen LogP contribution in [0.25, 0.3) is 85.1 Å². The number of nitrogens with zero attached hydrogens (tertiary/aromatic N) is 4. The molecule has 2 atom stereocenters. The van der Waals surface area contributed by atoms with E-state index < -0.39 is 0 Å². The standard InChI is InChI=1S/C40H24N4S2/c1-2-8-22(9-3-1)38-41-39(24-15-14-23-20-25(23)21-24)43-40(42-38)44-29-18-19-33-34(28-11-5-7-13-32(28)45-33)35(29)36-30(44)17-16-27-26-10-4-6-12-31(26)46-37(27)36/h1-19,21,23,25H,20H2. The van der Waals surface area contributed by atoms with Gasteiger partial charge in [0.05, 0.1) is 11.0 Å². The smallest absolute Gasteiger partial charge is 0.238 e. The van der Waals surface area contributed by atoms with Crippen molar-refractivity contribution in [2.24, 2.45) is 11.8 Å². The molecule has 0 N–H and O–H groups in total. The van der Waals surface area contributed by atoms with Crippen molar-refractivity contribution in [3.05, 3.63) is 127 Å². The molecule has 4 nitrogen and oxygen atoms in total. The van der Waals surface area contributed by atoms with E-state index >= 15 is 0 Å². The Balaban J connectivity index is 1.31. The lowest BCUT2D eigenvalue weighted by Crippen LogP contribution is -2.08. The number of fused-ring (bicyclic) bond motifs is 12. The third kappa shape index (κ3) is 3.51. The Morgan fingerprint density at radius 2 is 1.30 bits per heavy atom. The van der Waals surface area contributed by atoms with Crippen LogP contribution in [0.15, 0.2) is 121 Å². The number of hydrogen-bond donors (Lipinski definition) is 0. The van der Waals surface area contributed by atoms with Crippen LogP contribution in [-0.4, -0.2) is 19.5 Å². The van der Waals surface area contributed by atoms with Gasteiger partial charge in [-0.1, -0.05) is 91.0 Å². The van der Waals surface area contributed by atoms with Gasteiger partial charge in [0.25, 0.3) is 0 Å². The molecule has 0 spiro atoms. The van der Waals surface area contributed by atoms with Gasteiger partial charge in [-0.3, -0.25) is 4.57 Å². The third-order valence-corrected chi connectivity index (χ3v) is 12.0. The minimum absolute atomic E-state index is 0.593. The van der Waals surface area contributed by atoms with Gasteiger partial charge in [-0.25, -0.2) is 4.98 Å². The molecule has 0 saturated heterocycles. The largest absolute Gasteiger partial charge is 0.278 e. The maximum Gasteiger partial charge on any atom is 0.238 e. The first kappa shape index (κ1) is 25.1. The number of rotatable bonds is 3. The minimum atomic E-state index is 0.593. The van der Waals surface area contributed by atoms with Crippen LogP contribution in [0, 0.1) is 11.8 Å². The average Bonchev–Trinajstić information content (AvgIpc) is 3.46. The van der Waals surface area contributed by atoms with E-state index in [1.165, 1.54) is 57.5 Å². The van der Waals surface area contributed by atoms with Crippen molar-refractivity contribution >= 4 is 90.4 Å². The lowest BCUT2D eigenvalue weighted by atomic mass is 10.0. The van der Waals surface area contributed by atoms with E-state index in [2.05, 4.69) is 108 Å². The summed E-state index contributed by atoms with van der Waals surface area (Å²) in [7, 11) is 0. The molecule has 0 aliphatic heterocycles. The molecule has 1 fully saturated rings. The van der Waals surface area contributed by atoms with Crippen LogP contribution in [0.4, 0.5) is 0 Å². The zero-order chi connectivity index (χ0) is 29.9. The van der Waals surface area contributed by atoms with Crippen LogP contribution in [0.1, 0.15) is 12.2 Å². The first-order chi connectivity index (χ1) is 22.8. The van der Waals surface area contributed by atoms with Gasteiger partial charge < -0.3 is 0 Å². The molecule has 216 valence electrons. The lowest BCUT2D eigenvalue weighted by molar-refractivity contribution is 0.923. The van der Waals surface area contributed by atoms with Gasteiger partial charge in [0.15, 0.2) is 11.6 Å². The van der Waals surface area contributed by atoms with Gasteiger partial charge in [0.1, 0.15) is 0 Å². The zero-order valence-corrected chi connectivity index (χ0v) is 26.1. The fourth-order valence-electron chi connectivity index (χ4n) is 7.42. The summed E-state index contributed by atoms with van der Waals surface area (Å²) >= 11 is 3.74. The highest BCUT2D eigenvalue weighted by atomic mass is 32.1. The van der Waals surface area contributed by atoms with E-state index in [-0.39, 0.29) is 0 Å². The van der Waals surface area contributed by atoms with Crippen LogP contribution < -0.4 is 0 Å². The molecule has 0 bridgehead atoms. The van der Waals surface area contributed by atoms with Gasteiger partial charge in [0, 0.05) is 62.3 Å². The van der Waals surface area contributed by atoms with Gasteiger partial charge in [-0.2, -0.15) is 9.97 Å². The van der Waals surface area contributed by atoms with Gasteiger partial charge in [0.2, 0.25) is 5.95 Å². The van der Waals surface area contributed by atoms with Gasteiger partial charge in [-0.15, -0.1) is 22.7 Å². The van der Waals surface area contributed by atoms with Crippen molar-refractivity contribution in [2.75, 3.05) is 0 Å².